The van der Waals surface area contributed by atoms with Gasteiger partial charge in [0.25, 0.3) is 0 Å². The zero-order valence-corrected chi connectivity index (χ0v) is 14.8. The highest BCUT2D eigenvalue weighted by molar-refractivity contribution is 6.33. The summed E-state index contributed by atoms with van der Waals surface area (Å²) in [6.07, 6.45) is 0. The summed E-state index contributed by atoms with van der Waals surface area (Å²) >= 11 is 6.34. The average Bonchev–Trinajstić information content (AvgIpc) is 2.99. The van der Waals surface area contributed by atoms with E-state index in [1.807, 2.05) is 35.3 Å². The van der Waals surface area contributed by atoms with E-state index in [9.17, 15) is 0 Å². The Morgan fingerprint density at radius 3 is 2.42 bits per heavy atom. The van der Waals surface area contributed by atoms with Gasteiger partial charge in [0, 0.05) is 6.54 Å². The average molecular weight is 343 g/mol. The Bertz CT molecular complexity index is 714. The second-order valence-electron chi connectivity index (χ2n) is 6.40. The van der Waals surface area contributed by atoms with Crippen LogP contribution >= 0.6 is 11.6 Å². The van der Waals surface area contributed by atoms with Crippen molar-refractivity contribution in [3.63, 3.8) is 0 Å². The van der Waals surface area contributed by atoms with Gasteiger partial charge in [-0.1, -0.05) is 67.9 Å². The van der Waals surface area contributed by atoms with Crippen molar-refractivity contribution in [3.8, 4) is 0 Å². The van der Waals surface area contributed by atoms with Crippen LogP contribution in [-0.4, -0.2) is 23.4 Å². The quantitative estimate of drug-likeness (QED) is 0.895. The van der Waals surface area contributed by atoms with Crippen LogP contribution in [0, 0.1) is 5.92 Å². The van der Waals surface area contributed by atoms with Gasteiger partial charge in [-0.2, -0.15) is 5.10 Å². The molecular formula is C19H23ClN4. The molecule has 1 aliphatic rings. The number of amidine groups is 1. The minimum Gasteiger partial charge on any atom is -0.333 e. The molecule has 4 nitrogen and oxygen atoms in total. The predicted octanol–water partition coefficient (Wildman–Crippen LogP) is 3.92. The first-order chi connectivity index (χ1) is 11.6. The molecule has 0 saturated heterocycles. The minimum atomic E-state index is -0.110. The number of hydrogen-bond acceptors (Lipinski definition) is 4. The van der Waals surface area contributed by atoms with Crippen LogP contribution in [0.25, 0.3) is 0 Å². The molecule has 0 amide bonds. The van der Waals surface area contributed by atoms with E-state index in [-0.39, 0.29) is 6.04 Å². The molecule has 0 fully saturated rings. The topological polar surface area (TPSA) is 44.9 Å². The third kappa shape index (κ3) is 3.55. The lowest BCUT2D eigenvalue weighted by molar-refractivity contribution is 0.414. The van der Waals surface area contributed by atoms with Gasteiger partial charge in [-0.3, -0.25) is 0 Å². The molecule has 0 saturated carbocycles. The first kappa shape index (κ1) is 16.8. The molecule has 2 aromatic rings. The fourth-order valence-electron chi connectivity index (χ4n) is 2.75. The first-order valence-electron chi connectivity index (χ1n) is 8.21. The zero-order chi connectivity index (χ0) is 17.1. The van der Waals surface area contributed by atoms with Crippen molar-refractivity contribution in [1.29, 1.82) is 0 Å². The largest absolute Gasteiger partial charge is 0.333 e. The van der Waals surface area contributed by atoms with Gasteiger partial charge in [0.05, 0.1) is 16.8 Å². The maximum Gasteiger partial charge on any atom is 0.144 e. The molecule has 2 aromatic carbocycles. The van der Waals surface area contributed by atoms with Gasteiger partial charge in [-0.05, 0) is 23.6 Å². The lowest BCUT2D eigenvalue weighted by atomic mass is 10.0. The summed E-state index contributed by atoms with van der Waals surface area (Å²) in [5.74, 6) is 1.22. The lowest BCUT2D eigenvalue weighted by Gasteiger charge is -2.25. The van der Waals surface area contributed by atoms with Crippen LogP contribution in [-0.2, 0) is 6.54 Å². The van der Waals surface area contributed by atoms with Crippen LogP contribution in [0.5, 0.6) is 0 Å². The van der Waals surface area contributed by atoms with Crippen LogP contribution in [0.3, 0.4) is 0 Å². The predicted molar refractivity (Wildman–Crippen MR) is 101 cm³/mol. The number of rotatable bonds is 5. The van der Waals surface area contributed by atoms with Crippen LogP contribution in [0.1, 0.15) is 19.4 Å². The first-order valence-corrected chi connectivity index (χ1v) is 8.59. The van der Waals surface area contributed by atoms with E-state index in [1.54, 1.807) is 0 Å². The van der Waals surface area contributed by atoms with E-state index < -0.39 is 0 Å². The molecule has 1 heterocycles. The van der Waals surface area contributed by atoms with Crippen molar-refractivity contribution >= 4 is 23.1 Å². The van der Waals surface area contributed by atoms with Gasteiger partial charge in [-0.15, -0.1) is 0 Å². The summed E-state index contributed by atoms with van der Waals surface area (Å²) in [4.78, 5) is 2.23. The Morgan fingerprint density at radius 1 is 1.08 bits per heavy atom. The van der Waals surface area contributed by atoms with E-state index in [0.717, 1.165) is 18.1 Å². The molecule has 126 valence electrons. The van der Waals surface area contributed by atoms with Gasteiger partial charge >= 0.3 is 0 Å². The van der Waals surface area contributed by atoms with Crippen molar-refractivity contribution in [2.75, 3.05) is 11.7 Å². The molecule has 0 bridgehead atoms. The third-order valence-electron chi connectivity index (χ3n) is 4.21. The molecule has 0 aliphatic carbocycles. The molecule has 0 radical (unpaired) electrons. The van der Waals surface area contributed by atoms with Crippen LogP contribution in [0.4, 0.5) is 5.69 Å². The van der Waals surface area contributed by atoms with Crippen LogP contribution in [0.2, 0.25) is 5.02 Å². The minimum absolute atomic E-state index is 0.110. The van der Waals surface area contributed by atoms with Crippen molar-refractivity contribution < 1.29 is 0 Å². The summed E-state index contributed by atoms with van der Waals surface area (Å²) in [6, 6.07) is 18.0. The normalized spacial score (nSPS) is 15.8. The highest BCUT2D eigenvalue weighted by Crippen LogP contribution is 2.29. The second kappa shape index (κ2) is 7.24. The van der Waals surface area contributed by atoms with E-state index in [4.69, 9.17) is 22.4 Å². The van der Waals surface area contributed by atoms with Crippen molar-refractivity contribution in [3.05, 3.63) is 65.2 Å². The van der Waals surface area contributed by atoms with Gasteiger partial charge < -0.3 is 10.6 Å². The number of para-hydroxylation sites is 1. The maximum atomic E-state index is 6.41. The molecular weight excluding hydrogens is 320 g/mol. The molecule has 2 N–H and O–H groups in total. The number of nitrogens with zero attached hydrogens (tertiary/aromatic N) is 3. The van der Waals surface area contributed by atoms with E-state index in [1.165, 1.54) is 5.56 Å². The van der Waals surface area contributed by atoms with Crippen molar-refractivity contribution in [2.24, 2.45) is 16.8 Å². The van der Waals surface area contributed by atoms with Crippen molar-refractivity contribution in [2.45, 2.75) is 26.4 Å². The molecule has 1 atom stereocenters. The molecule has 1 aliphatic heterocycles. The maximum absolute atomic E-state index is 6.41. The van der Waals surface area contributed by atoms with Gasteiger partial charge in [0.2, 0.25) is 0 Å². The number of anilines is 1. The SMILES string of the molecule is CC(C)C(N)C1=NN(c2ccccc2Cl)CN1Cc1ccccc1. The Kier molecular flexibility index (Phi) is 5.07. The summed E-state index contributed by atoms with van der Waals surface area (Å²) < 4.78 is 0. The number of benzene rings is 2. The molecule has 1 unspecified atom stereocenters. The van der Waals surface area contributed by atoms with Gasteiger partial charge in [0.1, 0.15) is 12.5 Å². The van der Waals surface area contributed by atoms with E-state index in [0.29, 0.717) is 17.6 Å². The molecule has 0 aromatic heterocycles. The molecule has 0 spiro atoms. The number of hydrogen-bond donors (Lipinski definition) is 1. The summed E-state index contributed by atoms with van der Waals surface area (Å²) in [6.45, 7) is 5.66. The highest BCUT2D eigenvalue weighted by atomic mass is 35.5. The van der Waals surface area contributed by atoms with Gasteiger partial charge in [0.15, 0.2) is 0 Å². The molecule has 3 rings (SSSR count). The molecule has 5 heteroatoms. The number of halogens is 1. The second-order valence-corrected chi connectivity index (χ2v) is 6.81. The number of hydrazone groups is 1. The summed E-state index contributed by atoms with van der Waals surface area (Å²) in [5, 5.41) is 7.41. The standard InChI is InChI=1S/C19H23ClN4/c1-14(2)18(21)19-22-24(17-11-7-6-10-16(17)20)13-23(19)12-15-8-4-3-5-9-15/h3-11,14,18H,12-13,21H2,1-2H3. The fraction of sp³-hybridized carbons (Fsp3) is 0.316. The van der Waals surface area contributed by atoms with Crippen molar-refractivity contribution in [1.82, 2.24) is 4.90 Å². The lowest BCUT2D eigenvalue weighted by Crippen LogP contribution is -2.44. The highest BCUT2D eigenvalue weighted by Gasteiger charge is 2.30. The Morgan fingerprint density at radius 2 is 1.75 bits per heavy atom. The summed E-state index contributed by atoms with van der Waals surface area (Å²) in [7, 11) is 0. The zero-order valence-electron chi connectivity index (χ0n) is 14.1. The Hall–Kier alpha value is -2.04. The fourth-order valence-corrected chi connectivity index (χ4v) is 2.99. The smallest absolute Gasteiger partial charge is 0.144 e. The van der Waals surface area contributed by atoms with E-state index in [2.05, 4.69) is 43.0 Å². The Balaban J connectivity index is 1.88. The Labute approximate surface area is 148 Å². The van der Waals surface area contributed by atoms with Gasteiger partial charge in [-0.25, -0.2) is 5.01 Å². The van der Waals surface area contributed by atoms with E-state index >= 15 is 0 Å². The third-order valence-corrected chi connectivity index (χ3v) is 4.53. The monoisotopic (exact) mass is 342 g/mol. The number of nitrogens with two attached hydrogens (primary N) is 1. The molecule has 24 heavy (non-hydrogen) atoms. The summed E-state index contributed by atoms with van der Waals surface area (Å²) in [5.41, 5.74) is 8.56. The van der Waals surface area contributed by atoms with Crippen LogP contribution < -0.4 is 10.7 Å². The van der Waals surface area contributed by atoms with Crippen LogP contribution in [0.15, 0.2) is 59.7 Å².